The van der Waals surface area contributed by atoms with Crippen molar-refractivity contribution in [1.82, 2.24) is 4.98 Å². The normalized spacial score (nSPS) is 23.2. The van der Waals surface area contributed by atoms with Crippen LogP contribution in [0.5, 0.6) is 0 Å². The lowest BCUT2D eigenvalue weighted by Gasteiger charge is -2.43. The van der Waals surface area contributed by atoms with Crippen LogP contribution in [0.25, 0.3) is 0 Å². The third-order valence-corrected chi connectivity index (χ3v) is 3.26. The lowest BCUT2D eigenvalue weighted by atomic mass is 10.1. The molecule has 18 heavy (non-hydrogen) atoms. The number of hydrogen-bond acceptors (Lipinski definition) is 4. The Kier molecular flexibility index (Phi) is 4.02. The van der Waals surface area contributed by atoms with E-state index in [0.29, 0.717) is 29.0 Å². The molecule has 0 amide bonds. The maximum atomic E-state index is 9.28. The topological polar surface area (TPSA) is 45.6 Å². The minimum Gasteiger partial charge on any atom is -0.394 e. The molecule has 2 rings (SSSR count). The number of nitrogens with zero attached hydrogens (tertiary/aromatic N) is 2. The molecule has 1 saturated heterocycles. The zero-order chi connectivity index (χ0) is 13.3. The quantitative estimate of drug-likeness (QED) is 0.908. The second-order valence-corrected chi connectivity index (χ2v) is 5.87. The van der Waals surface area contributed by atoms with Gasteiger partial charge in [0.25, 0.3) is 0 Å². The average Bonchev–Trinajstić information content (AvgIpc) is 2.26. The van der Waals surface area contributed by atoms with Gasteiger partial charge in [-0.3, -0.25) is 0 Å². The Bertz CT molecular complexity index is 440. The number of aromatic nitrogens is 1. The summed E-state index contributed by atoms with van der Waals surface area (Å²) in [4.78, 5) is 6.28. The molecule has 1 unspecified atom stereocenters. The first-order valence-corrected chi connectivity index (χ1v) is 6.51. The van der Waals surface area contributed by atoms with Gasteiger partial charge < -0.3 is 14.7 Å². The zero-order valence-corrected chi connectivity index (χ0v) is 11.9. The van der Waals surface area contributed by atoms with Crippen molar-refractivity contribution in [2.45, 2.75) is 25.6 Å². The molecule has 1 aromatic heterocycles. The third-order valence-electron chi connectivity index (χ3n) is 2.77. The van der Waals surface area contributed by atoms with Gasteiger partial charge in [0.1, 0.15) is 5.82 Å². The smallest absolute Gasteiger partial charge is 0.147 e. The maximum absolute atomic E-state index is 9.28. The van der Waals surface area contributed by atoms with Crippen LogP contribution in [0.2, 0.25) is 10.0 Å². The van der Waals surface area contributed by atoms with Crippen LogP contribution in [0.1, 0.15) is 13.8 Å². The standard InChI is InChI=1S/C12H16Cl2N2O2/c1-12(2)7-16(5-9(6-17)18-12)11-10(14)3-8(13)4-15-11/h3-4,9,17H,5-7H2,1-2H3. The fraction of sp³-hybridized carbons (Fsp3) is 0.583. The molecule has 2 heterocycles. The molecule has 0 radical (unpaired) electrons. The van der Waals surface area contributed by atoms with Gasteiger partial charge >= 0.3 is 0 Å². The van der Waals surface area contributed by atoms with E-state index in [0.717, 1.165) is 0 Å². The second kappa shape index (κ2) is 5.21. The summed E-state index contributed by atoms with van der Waals surface area (Å²) < 4.78 is 5.75. The van der Waals surface area contributed by atoms with Crippen LogP contribution >= 0.6 is 23.2 Å². The molecule has 0 spiro atoms. The molecule has 1 N–H and O–H groups in total. The number of anilines is 1. The molecule has 4 nitrogen and oxygen atoms in total. The SMILES string of the molecule is CC1(C)CN(c2ncc(Cl)cc2Cl)CC(CO)O1. The second-order valence-electron chi connectivity index (χ2n) is 5.02. The Morgan fingerprint density at radius 2 is 2.28 bits per heavy atom. The first kappa shape index (κ1) is 13.9. The molecule has 0 bridgehead atoms. The molecule has 1 aliphatic heterocycles. The number of morpholine rings is 1. The van der Waals surface area contributed by atoms with E-state index in [4.69, 9.17) is 27.9 Å². The van der Waals surface area contributed by atoms with Gasteiger partial charge in [-0.2, -0.15) is 0 Å². The summed E-state index contributed by atoms with van der Waals surface area (Å²) in [6.45, 7) is 5.16. The van der Waals surface area contributed by atoms with E-state index in [1.165, 1.54) is 0 Å². The van der Waals surface area contributed by atoms with E-state index >= 15 is 0 Å². The van der Waals surface area contributed by atoms with Crippen molar-refractivity contribution < 1.29 is 9.84 Å². The molecule has 0 saturated carbocycles. The van der Waals surface area contributed by atoms with E-state index in [2.05, 4.69) is 4.98 Å². The number of hydrogen-bond donors (Lipinski definition) is 1. The van der Waals surface area contributed by atoms with Crippen LogP contribution in [0.3, 0.4) is 0 Å². The van der Waals surface area contributed by atoms with Crippen molar-refractivity contribution >= 4 is 29.0 Å². The van der Waals surface area contributed by atoms with Crippen molar-refractivity contribution in [3.63, 3.8) is 0 Å². The molecule has 1 fully saturated rings. The monoisotopic (exact) mass is 290 g/mol. The highest BCUT2D eigenvalue weighted by Crippen LogP contribution is 2.30. The molecule has 0 aromatic carbocycles. The molecular weight excluding hydrogens is 275 g/mol. The lowest BCUT2D eigenvalue weighted by Crippen LogP contribution is -2.54. The molecule has 0 aliphatic carbocycles. The van der Waals surface area contributed by atoms with E-state index in [1.54, 1.807) is 12.3 Å². The zero-order valence-electron chi connectivity index (χ0n) is 10.4. The van der Waals surface area contributed by atoms with Gasteiger partial charge in [0.05, 0.1) is 28.4 Å². The highest BCUT2D eigenvalue weighted by atomic mass is 35.5. The summed E-state index contributed by atoms with van der Waals surface area (Å²) in [7, 11) is 0. The van der Waals surface area contributed by atoms with Gasteiger partial charge in [-0.15, -0.1) is 0 Å². The minimum atomic E-state index is -0.351. The maximum Gasteiger partial charge on any atom is 0.147 e. The van der Waals surface area contributed by atoms with Crippen molar-refractivity contribution in [2.75, 3.05) is 24.6 Å². The number of aliphatic hydroxyl groups excluding tert-OH is 1. The van der Waals surface area contributed by atoms with Crippen molar-refractivity contribution in [3.8, 4) is 0 Å². The fourth-order valence-electron chi connectivity index (χ4n) is 2.19. The summed E-state index contributed by atoms with van der Waals surface area (Å²) in [6, 6.07) is 1.67. The number of ether oxygens (including phenoxy) is 1. The van der Waals surface area contributed by atoms with Gasteiger partial charge in [0.2, 0.25) is 0 Å². The van der Waals surface area contributed by atoms with E-state index < -0.39 is 0 Å². The van der Waals surface area contributed by atoms with E-state index in [9.17, 15) is 5.11 Å². The van der Waals surface area contributed by atoms with Crippen molar-refractivity contribution in [3.05, 3.63) is 22.3 Å². The number of pyridine rings is 1. The number of aliphatic hydroxyl groups is 1. The first-order valence-electron chi connectivity index (χ1n) is 5.76. The average molecular weight is 291 g/mol. The minimum absolute atomic E-state index is 0.0227. The third kappa shape index (κ3) is 3.06. The van der Waals surface area contributed by atoms with Gasteiger partial charge in [-0.05, 0) is 19.9 Å². The number of rotatable bonds is 2. The largest absolute Gasteiger partial charge is 0.394 e. The van der Waals surface area contributed by atoms with Crippen LogP contribution in [0, 0.1) is 0 Å². The predicted octanol–water partition coefficient (Wildman–Crippen LogP) is 2.36. The lowest BCUT2D eigenvalue weighted by molar-refractivity contribution is -0.101. The fourth-order valence-corrected chi connectivity index (χ4v) is 2.69. The summed E-state index contributed by atoms with van der Waals surface area (Å²) in [5, 5.41) is 10.3. The molecule has 100 valence electrons. The van der Waals surface area contributed by atoms with Gasteiger partial charge in [0, 0.05) is 19.3 Å². The van der Waals surface area contributed by atoms with Gasteiger partial charge in [0.15, 0.2) is 0 Å². The Morgan fingerprint density at radius 3 is 2.89 bits per heavy atom. The van der Waals surface area contributed by atoms with Crippen molar-refractivity contribution in [1.29, 1.82) is 0 Å². The van der Waals surface area contributed by atoms with Crippen LogP contribution < -0.4 is 4.90 Å². The van der Waals surface area contributed by atoms with Gasteiger partial charge in [-0.1, -0.05) is 23.2 Å². The molecule has 1 aliphatic rings. The summed E-state index contributed by atoms with van der Waals surface area (Å²) in [5.74, 6) is 0.677. The first-order chi connectivity index (χ1) is 8.41. The Morgan fingerprint density at radius 1 is 1.56 bits per heavy atom. The highest BCUT2D eigenvalue weighted by Gasteiger charge is 2.34. The summed E-state index contributed by atoms with van der Waals surface area (Å²) >= 11 is 12.0. The van der Waals surface area contributed by atoms with Crippen LogP contribution in [0.15, 0.2) is 12.3 Å². The van der Waals surface area contributed by atoms with Crippen LogP contribution in [0.4, 0.5) is 5.82 Å². The molecule has 1 atom stereocenters. The molecule has 1 aromatic rings. The van der Waals surface area contributed by atoms with Crippen LogP contribution in [-0.4, -0.2) is 41.5 Å². The predicted molar refractivity (Wildman–Crippen MR) is 72.5 cm³/mol. The molecule has 6 heteroatoms. The van der Waals surface area contributed by atoms with E-state index in [1.807, 2.05) is 18.7 Å². The Hall–Kier alpha value is -0.550. The Labute approximate surface area is 116 Å². The van der Waals surface area contributed by atoms with Crippen molar-refractivity contribution in [2.24, 2.45) is 0 Å². The highest BCUT2D eigenvalue weighted by molar-refractivity contribution is 6.36. The Balaban J connectivity index is 2.26. The van der Waals surface area contributed by atoms with Gasteiger partial charge in [-0.25, -0.2) is 4.98 Å². The summed E-state index contributed by atoms with van der Waals surface area (Å²) in [5.41, 5.74) is -0.351. The molecular formula is C12H16Cl2N2O2. The van der Waals surface area contributed by atoms with Crippen LogP contribution in [-0.2, 0) is 4.74 Å². The van der Waals surface area contributed by atoms with E-state index in [-0.39, 0.29) is 18.3 Å². The number of halogens is 2. The summed E-state index contributed by atoms with van der Waals surface area (Å²) in [6.07, 6.45) is 1.33.